The average Bonchev–Trinajstić information content (AvgIpc) is 3.25. The number of aromatic nitrogens is 2. The molecule has 1 aromatic heterocycles. The number of nitrogens with zero attached hydrogens (tertiary/aromatic N) is 3. The number of methoxy groups -OCH3 is 1. The topological polar surface area (TPSA) is 63.5 Å². The van der Waals surface area contributed by atoms with Crippen LogP contribution in [-0.4, -0.2) is 29.4 Å². The van der Waals surface area contributed by atoms with E-state index in [2.05, 4.69) is 51.9 Å². The molecule has 0 fully saturated rings. The highest BCUT2D eigenvalue weighted by atomic mass is 16.5. The van der Waals surface area contributed by atoms with Crippen molar-refractivity contribution in [2.24, 2.45) is 4.99 Å². The molecular weight excluding hydrogens is 338 g/mol. The summed E-state index contributed by atoms with van der Waals surface area (Å²) in [6, 6.07) is 18.2. The van der Waals surface area contributed by atoms with Gasteiger partial charge >= 0.3 is 0 Å². The highest BCUT2D eigenvalue weighted by molar-refractivity contribution is 5.79. The molecule has 0 amide bonds. The molecule has 0 unspecified atom stereocenters. The molecule has 140 valence electrons. The van der Waals surface area contributed by atoms with E-state index in [-0.39, 0.29) is 0 Å². The van der Waals surface area contributed by atoms with E-state index in [9.17, 15) is 0 Å². The number of guanidine groups is 1. The lowest BCUT2D eigenvalue weighted by molar-refractivity contribution is 0.414. The Hall–Kier alpha value is -3.28. The van der Waals surface area contributed by atoms with Gasteiger partial charge in [0, 0.05) is 25.5 Å². The van der Waals surface area contributed by atoms with Crippen LogP contribution in [0, 0.1) is 0 Å². The van der Waals surface area contributed by atoms with Gasteiger partial charge in [-0.05, 0) is 48.4 Å². The van der Waals surface area contributed by atoms with Gasteiger partial charge in [-0.15, -0.1) is 0 Å². The molecule has 1 heterocycles. The number of benzene rings is 2. The molecule has 0 saturated carbocycles. The second-order valence-electron chi connectivity index (χ2n) is 6.02. The Bertz CT molecular complexity index is 857. The summed E-state index contributed by atoms with van der Waals surface area (Å²) in [5.41, 5.74) is 3.33. The molecule has 0 bridgehead atoms. The monoisotopic (exact) mass is 363 g/mol. The molecule has 27 heavy (non-hydrogen) atoms. The molecule has 3 rings (SSSR count). The van der Waals surface area contributed by atoms with Gasteiger partial charge in [-0.2, -0.15) is 5.10 Å². The summed E-state index contributed by atoms with van der Waals surface area (Å²) in [6.45, 7) is 4.15. The van der Waals surface area contributed by atoms with Crippen LogP contribution in [0.5, 0.6) is 5.75 Å². The lowest BCUT2D eigenvalue weighted by Crippen LogP contribution is -2.36. The normalized spacial score (nSPS) is 11.3. The van der Waals surface area contributed by atoms with Gasteiger partial charge in [0.1, 0.15) is 5.75 Å². The van der Waals surface area contributed by atoms with Gasteiger partial charge in [0.15, 0.2) is 5.96 Å². The molecule has 0 radical (unpaired) electrons. The third kappa shape index (κ3) is 5.34. The van der Waals surface area contributed by atoms with Crippen molar-refractivity contribution in [3.63, 3.8) is 0 Å². The van der Waals surface area contributed by atoms with Gasteiger partial charge in [-0.1, -0.05) is 24.3 Å². The summed E-state index contributed by atoms with van der Waals surface area (Å²) in [6.07, 6.45) is 3.71. The Morgan fingerprint density at radius 3 is 2.63 bits per heavy atom. The molecule has 0 aliphatic rings. The molecule has 0 spiro atoms. The standard InChI is InChI=1S/C21H25N5O/c1-3-22-21(24-16-18-6-4-7-20(14-18)27-2)23-15-17-8-10-19(11-9-17)26-13-5-12-25-26/h4-14H,3,15-16H2,1-2H3,(H2,22,23,24). The summed E-state index contributed by atoms with van der Waals surface area (Å²) in [7, 11) is 1.67. The van der Waals surface area contributed by atoms with Crippen LogP contribution < -0.4 is 15.4 Å². The zero-order valence-corrected chi connectivity index (χ0v) is 15.7. The summed E-state index contributed by atoms with van der Waals surface area (Å²) in [5.74, 6) is 1.63. The maximum absolute atomic E-state index is 5.27. The Balaban J connectivity index is 1.60. The third-order valence-corrected chi connectivity index (χ3v) is 4.06. The number of aliphatic imine (C=N–C) groups is 1. The first-order valence-corrected chi connectivity index (χ1v) is 9.02. The minimum absolute atomic E-state index is 0.588. The quantitative estimate of drug-likeness (QED) is 0.500. The highest BCUT2D eigenvalue weighted by Crippen LogP contribution is 2.13. The van der Waals surface area contributed by atoms with Crippen molar-refractivity contribution in [3.05, 3.63) is 78.1 Å². The van der Waals surface area contributed by atoms with Gasteiger partial charge in [0.05, 0.1) is 19.3 Å². The second kappa shape index (κ2) is 9.43. The van der Waals surface area contributed by atoms with Gasteiger partial charge in [0.25, 0.3) is 0 Å². The minimum atomic E-state index is 0.588. The molecule has 3 aromatic rings. The van der Waals surface area contributed by atoms with E-state index in [0.717, 1.165) is 29.5 Å². The largest absolute Gasteiger partial charge is 0.497 e. The molecule has 2 aromatic carbocycles. The van der Waals surface area contributed by atoms with Crippen molar-refractivity contribution in [3.8, 4) is 11.4 Å². The third-order valence-electron chi connectivity index (χ3n) is 4.06. The minimum Gasteiger partial charge on any atom is -0.497 e. The highest BCUT2D eigenvalue weighted by Gasteiger charge is 2.01. The Morgan fingerprint density at radius 2 is 1.93 bits per heavy atom. The summed E-state index contributed by atoms with van der Waals surface area (Å²) in [4.78, 5) is 4.66. The Kier molecular flexibility index (Phi) is 6.46. The zero-order chi connectivity index (χ0) is 18.9. The first-order chi connectivity index (χ1) is 13.3. The van der Waals surface area contributed by atoms with E-state index >= 15 is 0 Å². The average molecular weight is 363 g/mol. The molecule has 6 heteroatoms. The summed E-state index contributed by atoms with van der Waals surface area (Å²) < 4.78 is 7.11. The van der Waals surface area contributed by atoms with Gasteiger partial charge < -0.3 is 15.4 Å². The smallest absolute Gasteiger partial charge is 0.191 e. The fourth-order valence-corrected chi connectivity index (χ4v) is 2.66. The van der Waals surface area contributed by atoms with Crippen molar-refractivity contribution in [1.82, 2.24) is 20.4 Å². The van der Waals surface area contributed by atoms with Gasteiger partial charge in [-0.3, -0.25) is 0 Å². The second-order valence-corrected chi connectivity index (χ2v) is 6.02. The SMILES string of the molecule is CCNC(=NCc1cccc(OC)c1)NCc1ccc(-n2cccn2)cc1. The Labute approximate surface area is 159 Å². The number of hydrogen-bond donors (Lipinski definition) is 2. The lowest BCUT2D eigenvalue weighted by atomic mass is 10.2. The molecule has 0 aliphatic carbocycles. The van der Waals surface area contributed by atoms with Crippen molar-refractivity contribution in [1.29, 1.82) is 0 Å². The Morgan fingerprint density at radius 1 is 1.07 bits per heavy atom. The molecule has 0 aliphatic heterocycles. The van der Waals surface area contributed by atoms with E-state index in [1.54, 1.807) is 13.3 Å². The van der Waals surface area contributed by atoms with Crippen molar-refractivity contribution in [2.45, 2.75) is 20.0 Å². The van der Waals surface area contributed by atoms with Crippen LogP contribution in [0.4, 0.5) is 0 Å². The van der Waals surface area contributed by atoms with Crippen LogP contribution in [0.2, 0.25) is 0 Å². The van der Waals surface area contributed by atoms with Gasteiger partial charge in [0.2, 0.25) is 0 Å². The van der Waals surface area contributed by atoms with E-state index < -0.39 is 0 Å². The van der Waals surface area contributed by atoms with Crippen LogP contribution in [0.25, 0.3) is 5.69 Å². The first-order valence-electron chi connectivity index (χ1n) is 9.02. The number of rotatable bonds is 7. The van der Waals surface area contributed by atoms with E-state index in [0.29, 0.717) is 13.1 Å². The molecule has 0 saturated heterocycles. The number of hydrogen-bond acceptors (Lipinski definition) is 3. The molecular formula is C21H25N5O. The van der Waals surface area contributed by atoms with E-state index in [4.69, 9.17) is 4.74 Å². The van der Waals surface area contributed by atoms with Crippen LogP contribution in [0.3, 0.4) is 0 Å². The maximum atomic E-state index is 5.27. The fraction of sp³-hybridized carbons (Fsp3) is 0.238. The fourth-order valence-electron chi connectivity index (χ4n) is 2.66. The van der Waals surface area contributed by atoms with Crippen molar-refractivity contribution >= 4 is 5.96 Å². The lowest BCUT2D eigenvalue weighted by Gasteiger charge is -2.12. The molecule has 6 nitrogen and oxygen atoms in total. The van der Waals surface area contributed by atoms with Crippen molar-refractivity contribution in [2.75, 3.05) is 13.7 Å². The zero-order valence-electron chi connectivity index (χ0n) is 15.7. The van der Waals surface area contributed by atoms with E-state index in [1.165, 1.54) is 5.56 Å². The maximum Gasteiger partial charge on any atom is 0.191 e. The molecule has 0 atom stereocenters. The van der Waals surface area contributed by atoms with Crippen LogP contribution in [-0.2, 0) is 13.1 Å². The predicted octanol–water partition coefficient (Wildman–Crippen LogP) is 3.14. The van der Waals surface area contributed by atoms with E-state index in [1.807, 2.05) is 41.2 Å². The van der Waals surface area contributed by atoms with Crippen LogP contribution in [0.15, 0.2) is 72.0 Å². The predicted molar refractivity (Wildman–Crippen MR) is 108 cm³/mol. The number of ether oxygens (including phenoxy) is 1. The summed E-state index contributed by atoms with van der Waals surface area (Å²) in [5, 5.41) is 10.9. The number of nitrogens with one attached hydrogen (secondary N) is 2. The molecule has 2 N–H and O–H groups in total. The van der Waals surface area contributed by atoms with Crippen LogP contribution >= 0.6 is 0 Å². The van der Waals surface area contributed by atoms with Gasteiger partial charge in [-0.25, -0.2) is 9.67 Å². The first kappa shape index (κ1) is 18.5. The van der Waals surface area contributed by atoms with Crippen LogP contribution in [0.1, 0.15) is 18.1 Å². The van der Waals surface area contributed by atoms with Crippen molar-refractivity contribution < 1.29 is 4.74 Å². The summed E-state index contributed by atoms with van der Waals surface area (Å²) >= 11 is 0.